The molecule has 0 bridgehead atoms. The third-order valence-corrected chi connectivity index (χ3v) is 4.28. The molecule has 168 valence electrons. The second kappa shape index (κ2) is 14.0. The van der Waals surface area contributed by atoms with Crippen LogP contribution in [0.15, 0.2) is 48.5 Å². The smallest absolute Gasteiger partial charge is 0.255 e. The van der Waals surface area contributed by atoms with Crippen molar-refractivity contribution >= 4 is 11.8 Å². The molecule has 2 rings (SSSR count). The maximum absolute atomic E-state index is 12.5. The molecule has 0 atom stereocenters. The zero-order chi connectivity index (χ0) is 22.3. The van der Waals surface area contributed by atoms with E-state index in [1.54, 1.807) is 50.6 Å². The van der Waals surface area contributed by atoms with Crippen molar-refractivity contribution in [1.82, 2.24) is 10.6 Å². The fourth-order valence-corrected chi connectivity index (χ4v) is 2.71. The molecular formula is C23H30N2O6. The molecule has 0 saturated carbocycles. The summed E-state index contributed by atoms with van der Waals surface area (Å²) in [7, 11) is 3.18. The van der Waals surface area contributed by atoms with Crippen LogP contribution in [0.4, 0.5) is 0 Å². The molecule has 2 N–H and O–H groups in total. The first-order valence-electron chi connectivity index (χ1n) is 10.1. The van der Waals surface area contributed by atoms with Crippen LogP contribution in [0.2, 0.25) is 0 Å². The highest BCUT2D eigenvalue weighted by Crippen LogP contribution is 2.18. The topological polar surface area (TPSA) is 95.1 Å². The molecule has 2 aromatic rings. The first-order chi connectivity index (χ1) is 15.2. The van der Waals surface area contributed by atoms with Crippen LogP contribution in [0, 0.1) is 0 Å². The van der Waals surface area contributed by atoms with E-state index in [2.05, 4.69) is 10.6 Å². The van der Waals surface area contributed by atoms with E-state index < -0.39 is 0 Å². The van der Waals surface area contributed by atoms with E-state index >= 15 is 0 Å². The Morgan fingerprint density at radius 3 is 1.52 bits per heavy atom. The Labute approximate surface area is 182 Å². The van der Waals surface area contributed by atoms with Crippen molar-refractivity contribution in [3.8, 4) is 11.5 Å². The van der Waals surface area contributed by atoms with Gasteiger partial charge in [-0.3, -0.25) is 9.59 Å². The van der Waals surface area contributed by atoms with Gasteiger partial charge < -0.3 is 29.6 Å². The first kappa shape index (κ1) is 24.2. The number of carbonyl (C=O) groups excluding carboxylic acids is 2. The molecule has 0 aliphatic heterocycles. The van der Waals surface area contributed by atoms with E-state index in [1.165, 1.54) is 0 Å². The Bertz CT molecular complexity index is 760. The predicted octanol–water partition coefficient (Wildman–Crippen LogP) is 2.29. The number of nitrogens with one attached hydrogen (secondary N) is 2. The number of hydrogen-bond donors (Lipinski definition) is 2. The van der Waals surface area contributed by atoms with Crippen molar-refractivity contribution in [2.24, 2.45) is 0 Å². The van der Waals surface area contributed by atoms with Crippen LogP contribution >= 0.6 is 0 Å². The van der Waals surface area contributed by atoms with Crippen molar-refractivity contribution in [2.45, 2.75) is 6.42 Å². The lowest BCUT2D eigenvalue weighted by atomic mass is 10.2. The predicted molar refractivity (Wildman–Crippen MR) is 117 cm³/mol. The number of amides is 2. The SMILES string of the molecule is COCCOc1ccccc1C(=O)NCCCNC(=O)c1ccccc1OCCOC. The average molecular weight is 431 g/mol. The van der Waals surface area contributed by atoms with Crippen molar-refractivity contribution in [2.75, 3.05) is 53.7 Å². The molecule has 0 aliphatic carbocycles. The average Bonchev–Trinajstić information content (AvgIpc) is 2.79. The van der Waals surface area contributed by atoms with E-state index in [9.17, 15) is 9.59 Å². The highest BCUT2D eigenvalue weighted by molar-refractivity contribution is 5.97. The number of carbonyl (C=O) groups is 2. The van der Waals surface area contributed by atoms with Gasteiger partial charge in [-0.2, -0.15) is 0 Å². The van der Waals surface area contributed by atoms with E-state index in [-0.39, 0.29) is 11.8 Å². The summed E-state index contributed by atoms with van der Waals surface area (Å²) in [4.78, 5) is 24.9. The third kappa shape index (κ3) is 8.27. The summed E-state index contributed by atoms with van der Waals surface area (Å²) in [6.45, 7) is 2.44. The highest BCUT2D eigenvalue weighted by atomic mass is 16.5. The zero-order valence-electron chi connectivity index (χ0n) is 18.0. The summed E-state index contributed by atoms with van der Waals surface area (Å²) >= 11 is 0. The van der Waals surface area contributed by atoms with Crippen LogP contribution < -0.4 is 20.1 Å². The van der Waals surface area contributed by atoms with Crippen molar-refractivity contribution in [1.29, 1.82) is 0 Å². The highest BCUT2D eigenvalue weighted by Gasteiger charge is 2.13. The molecule has 0 aromatic heterocycles. The molecule has 0 saturated heterocycles. The van der Waals surface area contributed by atoms with Gasteiger partial charge in [-0.15, -0.1) is 0 Å². The Hall–Kier alpha value is -3.10. The number of hydrogen-bond acceptors (Lipinski definition) is 6. The molecule has 0 heterocycles. The van der Waals surface area contributed by atoms with Crippen molar-refractivity contribution < 1.29 is 28.5 Å². The van der Waals surface area contributed by atoms with Gasteiger partial charge in [0.2, 0.25) is 0 Å². The zero-order valence-corrected chi connectivity index (χ0v) is 18.0. The minimum Gasteiger partial charge on any atom is -0.490 e. The lowest BCUT2D eigenvalue weighted by Gasteiger charge is -2.12. The van der Waals surface area contributed by atoms with Crippen LogP contribution in [-0.2, 0) is 9.47 Å². The van der Waals surface area contributed by atoms with Gasteiger partial charge in [-0.1, -0.05) is 24.3 Å². The van der Waals surface area contributed by atoms with Gasteiger partial charge in [-0.05, 0) is 30.7 Å². The summed E-state index contributed by atoms with van der Waals surface area (Å²) in [5, 5.41) is 5.70. The summed E-state index contributed by atoms with van der Waals surface area (Å²) in [5.74, 6) is 0.568. The Morgan fingerprint density at radius 2 is 1.10 bits per heavy atom. The molecule has 8 heteroatoms. The van der Waals surface area contributed by atoms with Crippen molar-refractivity contribution in [3.05, 3.63) is 59.7 Å². The molecule has 0 fully saturated rings. The molecule has 2 amide bonds. The van der Waals surface area contributed by atoms with Gasteiger partial charge in [-0.25, -0.2) is 0 Å². The summed E-state index contributed by atoms with van der Waals surface area (Å²) in [6.07, 6.45) is 0.580. The van der Waals surface area contributed by atoms with Gasteiger partial charge in [0.1, 0.15) is 24.7 Å². The number of para-hydroxylation sites is 2. The lowest BCUT2D eigenvalue weighted by molar-refractivity contribution is 0.0944. The van der Waals surface area contributed by atoms with Crippen LogP contribution in [0.25, 0.3) is 0 Å². The number of rotatable bonds is 14. The van der Waals surface area contributed by atoms with Crippen LogP contribution in [0.1, 0.15) is 27.1 Å². The maximum atomic E-state index is 12.5. The summed E-state index contributed by atoms with van der Waals surface area (Å²) in [6, 6.07) is 14.1. The fraction of sp³-hybridized carbons (Fsp3) is 0.391. The van der Waals surface area contributed by atoms with Gasteiger partial charge >= 0.3 is 0 Å². The third-order valence-electron chi connectivity index (χ3n) is 4.28. The fourth-order valence-electron chi connectivity index (χ4n) is 2.71. The molecule has 0 aliphatic rings. The minimum absolute atomic E-state index is 0.226. The Kier molecular flexibility index (Phi) is 10.9. The summed E-state index contributed by atoms with van der Waals surface area (Å²) in [5.41, 5.74) is 0.926. The Balaban J connectivity index is 1.76. The molecule has 0 unspecified atom stereocenters. The minimum atomic E-state index is -0.226. The standard InChI is InChI=1S/C23H30N2O6/c1-28-14-16-30-20-10-5-3-8-18(20)22(26)24-12-7-13-25-23(27)19-9-4-6-11-21(19)31-17-15-29-2/h3-6,8-11H,7,12-17H2,1-2H3,(H,24,26)(H,25,27). The van der Waals surface area contributed by atoms with Crippen LogP contribution in [-0.4, -0.2) is 65.6 Å². The van der Waals surface area contributed by atoms with Gasteiger partial charge in [0.05, 0.1) is 24.3 Å². The first-order valence-corrected chi connectivity index (χ1v) is 10.1. The van der Waals surface area contributed by atoms with E-state index in [0.29, 0.717) is 68.6 Å². The lowest BCUT2D eigenvalue weighted by Crippen LogP contribution is -2.30. The second-order valence-electron chi connectivity index (χ2n) is 6.54. The monoisotopic (exact) mass is 430 g/mol. The summed E-state index contributed by atoms with van der Waals surface area (Å²) < 4.78 is 21.1. The normalized spacial score (nSPS) is 10.4. The van der Waals surface area contributed by atoms with Crippen LogP contribution in [0.3, 0.4) is 0 Å². The largest absolute Gasteiger partial charge is 0.490 e. The van der Waals surface area contributed by atoms with E-state index in [1.807, 2.05) is 12.1 Å². The number of benzene rings is 2. The molecule has 31 heavy (non-hydrogen) atoms. The molecular weight excluding hydrogens is 400 g/mol. The number of ether oxygens (including phenoxy) is 4. The van der Waals surface area contributed by atoms with Gasteiger partial charge in [0.25, 0.3) is 11.8 Å². The van der Waals surface area contributed by atoms with E-state index in [4.69, 9.17) is 18.9 Å². The Morgan fingerprint density at radius 1 is 0.677 bits per heavy atom. The van der Waals surface area contributed by atoms with Crippen molar-refractivity contribution in [3.63, 3.8) is 0 Å². The van der Waals surface area contributed by atoms with Gasteiger partial charge in [0.15, 0.2) is 0 Å². The molecule has 0 radical (unpaired) electrons. The van der Waals surface area contributed by atoms with Gasteiger partial charge in [0, 0.05) is 27.3 Å². The quantitative estimate of drug-likeness (QED) is 0.447. The molecule has 2 aromatic carbocycles. The maximum Gasteiger partial charge on any atom is 0.255 e. The molecule has 0 spiro atoms. The molecule has 8 nitrogen and oxygen atoms in total. The van der Waals surface area contributed by atoms with E-state index in [0.717, 1.165) is 0 Å². The second-order valence-corrected chi connectivity index (χ2v) is 6.54. The number of methoxy groups -OCH3 is 2. The van der Waals surface area contributed by atoms with Crippen LogP contribution in [0.5, 0.6) is 11.5 Å².